The molecule has 0 aromatic rings. The van der Waals surface area contributed by atoms with Crippen LogP contribution in [0.25, 0.3) is 0 Å². The first-order chi connectivity index (χ1) is 7.01. The highest BCUT2D eigenvalue weighted by Gasteiger charge is 2.68. The first kappa shape index (κ1) is 12.9. The van der Waals surface area contributed by atoms with Gasteiger partial charge in [-0.3, -0.25) is 9.35 Å². The average Bonchev–Trinajstić information content (AvgIpc) is 2.05. The van der Waals surface area contributed by atoms with E-state index in [4.69, 9.17) is 4.55 Å². The zero-order chi connectivity index (χ0) is 12.8. The summed E-state index contributed by atoms with van der Waals surface area (Å²) in [6, 6.07) is 0. The molecule has 0 aromatic heterocycles. The molecule has 1 aliphatic heterocycles. The van der Waals surface area contributed by atoms with Gasteiger partial charge in [-0.15, -0.1) is 0 Å². The van der Waals surface area contributed by atoms with Crippen LogP contribution in [0.15, 0.2) is 12.2 Å². The standard InChI is InChI=1S/C6H6F3NO5S/c1-3-2-15-6(5(7,8)9,10-4(3)11)16(12,13)14/h1-2H2,(H,10,11)(H,12,13,14). The van der Waals surface area contributed by atoms with Gasteiger partial charge in [-0.2, -0.15) is 21.6 Å². The Balaban J connectivity index is 3.30. The van der Waals surface area contributed by atoms with Gasteiger partial charge >= 0.3 is 21.4 Å². The molecule has 1 fully saturated rings. The fourth-order valence-electron chi connectivity index (χ4n) is 0.966. The van der Waals surface area contributed by atoms with Crippen molar-refractivity contribution in [2.45, 2.75) is 11.2 Å². The van der Waals surface area contributed by atoms with Crippen molar-refractivity contribution in [2.24, 2.45) is 0 Å². The highest BCUT2D eigenvalue weighted by molar-refractivity contribution is 7.87. The molecule has 10 heteroatoms. The average molecular weight is 261 g/mol. The monoisotopic (exact) mass is 261 g/mol. The van der Waals surface area contributed by atoms with Crippen molar-refractivity contribution in [3.8, 4) is 0 Å². The SMILES string of the molecule is C=C1COC(C(F)(F)F)(S(=O)(=O)O)NC1=O. The molecule has 0 saturated carbocycles. The molecule has 2 N–H and O–H groups in total. The van der Waals surface area contributed by atoms with Gasteiger partial charge in [0.05, 0.1) is 6.61 Å². The van der Waals surface area contributed by atoms with Crippen LogP contribution in [-0.2, 0) is 19.6 Å². The lowest BCUT2D eigenvalue weighted by Gasteiger charge is -2.36. The van der Waals surface area contributed by atoms with Crippen LogP contribution in [0.1, 0.15) is 0 Å². The van der Waals surface area contributed by atoms with E-state index in [-0.39, 0.29) is 5.57 Å². The Labute approximate surface area is 87.8 Å². The summed E-state index contributed by atoms with van der Waals surface area (Å²) in [7, 11) is -5.72. The fourth-order valence-corrected chi connectivity index (χ4v) is 1.69. The minimum Gasteiger partial charge on any atom is -0.329 e. The third kappa shape index (κ3) is 1.79. The molecule has 1 aliphatic rings. The molecule has 1 amide bonds. The Morgan fingerprint density at radius 3 is 2.31 bits per heavy atom. The molecule has 0 radical (unpaired) electrons. The smallest absolute Gasteiger partial charge is 0.329 e. The number of carbonyl (C=O) groups excluding carboxylic acids is 1. The lowest BCUT2D eigenvalue weighted by atomic mass is 10.2. The van der Waals surface area contributed by atoms with Crippen molar-refractivity contribution >= 4 is 16.0 Å². The van der Waals surface area contributed by atoms with Gasteiger partial charge in [0.25, 0.3) is 5.91 Å². The molecule has 0 spiro atoms. The molecule has 0 aliphatic carbocycles. The zero-order valence-electron chi connectivity index (χ0n) is 7.54. The van der Waals surface area contributed by atoms with Gasteiger partial charge < -0.3 is 10.1 Å². The number of amides is 1. The summed E-state index contributed by atoms with van der Waals surface area (Å²) in [5, 5.41) is -3.09. The molecule has 92 valence electrons. The van der Waals surface area contributed by atoms with E-state index in [1.54, 1.807) is 0 Å². The minimum atomic E-state index is -5.72. The van der Waals surface area contributed by atoms with E-state index in [1.807, 2.05) is 0 Å². The van der Waals surface area contributed by atoms with E-state index in [0.717, 1.165) is 5.32 Å². The van der Waals surface area contributed by atoms with Crippen molar-refractivity contribution in [1.29, 1.82) is 0 Å². The van der Waals surface area contributed by atoms with E-state index < -0.39 is 33.9 Å². The van der Waals surface area contributed by atoms with Gasteiger partial charge in [0.15, 0.2) is 0 Å². The fraction of sp³-hybridized carbons (Fsp3) is 0.500. The predicted octanol–water partition coefficient (Wildman–Crippen LogP) is -0.207. The van der Waals surface area contributed by atoms with Gasteiger partial charge in [0.2, 0.25) is 0 Å². The summed E-state index contributed by atoms with van der Waals surface area (Å²) < 4.78 is 71.3. The topological polar surface area (TPSA) is 92.7 Å². The van der Waals surface area contributed by atoms with Crippen molar-refractivity contribution in [3.63, 3.8) is 0 Å². The Hall–Kier alpha value is -1.13. The van der Waals surface area contributed by atoms with Gasteiger partial charge in [0, 0.05) is 5.57 Å². The van der Waals surface area contributed by atoms with Crippen molar-refractivity contribution in [3.05, 3.63) is 12.2 Å². The van der Waals surface area contributed by atoms with Crippen LogP contribution >= 0.6 is 0 Å². The largest absolute Gasteiger partial charge is 0.455 e. The van der Waals surface area contributed by atoms with Gasteiger partial charge in [-0.05, 0) is 0 Å². The maximum absolute atomic E-state index is 12.5. The highest BCUT2D eigenvalue weighted by atomic mass is 32.2. The molecule has 16 heavy (non-hydrogen) atoms. The Morgan fingerprint density at radius 2 is 2.00 bits per heavy atom. The summed E-state index contributed by atoms with van der Waals surface area (Å²) >= 11 is 0. The maximum Gasteiger partial charge on any atom is 0.455 e. The van der Waals surface area contributed by atoms with E-state index >= 15 is 0 Å². The number of halogens is 3. The Kier molecular flexibility index (Phi) is 2.78. The second-order valence-corrected chi connectivity index (χ2v) is 4.46. The van der Waals surface area contributed by atoms with Crippen molar-refractivity contribution in [2.75, 3.05) is 6.61 Å². The summed E-state index contributed by atoms with van der Waals surface area (Å²) in [5.74, 6) is -1.36. The number of alkyl halides is 3. The molecule has 1 rings (SSSR count). The van der Waals surface area contributed by atoms with Crippen LogP contribution < -0.4 is 5.32 Å². The molecule has 0 bridgehead atoms. The van der Waals surface area contributed by atoms with Crippen LogP contribution in [0.2, 0.25) is 0 Å². The van der Waals surface area contributed by atoms with Crippen molar-refractivity contribution in [1.82, 2.24) is 5.32 Å². The summed E-state index contributed by atoms with van der Waals surface area (Å²) in [6.45, 7) is 2.09. The molecular weight excluding hydrogens is 255 g/mol. The Morgan fingerprint density at radius 1 is 1.50 bits per heavy atom. The maximum atomic E-state index is 12.5. The number of carbonyl (C=O) groups is 1. The van der Waals surface area contributed by atoms with Crippen LogP contribution in [0.3, 0.4) is 0 Å². The third-order valence-electron chi connectivity index (χ3n) is 1.79. The molecule has 1 unspecified atom stereocenters. The summed E-state index contributed by atoms with van der Waals surface area (Å²) in [5.41, 5.74) is -0.386. The second kappa shape index (κ2) is 3.43. The van der Waals surface area contributed by atoms with Crippen LogP contribution in [0.5, 0.6) is 0 Å². The Bertz CT molecular complexity index is 442. The molecule has 1 atom stereocenters. The van der Waals surface area contributed by atoms with Gasteiger partial charge in [-0.1, -0.05) is 6.58 Å². The number of hydrogen-bond donors (Lipinski definition) is 2. The second-order valence-electron chi connectivity index (χ2n) is 2.94. The third-order valence-corrected chi connectivity index (χ3v) is 2.96. The lowest BCUT2D eigenvalue weighted by Crippen LogP contribution is -2.68. The van der Waals surface area contributed by atoms with Crippen molar-refractivity contribution < 1.29 is 35.7 Å². The number of rotatable bonds is 1. The van der Waals surface area contributed by atoms with Crippen LogP contribution in [0, 0.1) is 0 Å². The normalized spacial score (nSPS) is 27.8. The molecule has 6 nitrogen and oxygen atoms in total. The summed E-state index contributed by atoms with van der Waals surface area (Å²) in [6.07, 6.45) is -5.52. The van der Waals surface area contributed by atoms with E-state index in [1.165, 1.54) is 0 Å². The first-order valence-electron chi connectivity index (χ1n) is 3.69. The molecule has 1 saturated heterocycles. The zero-order valence-corrected chi connectivity index (χ0v) is 8.35. The minimum absolute atomic E-state index is 0.386. The van der Waals surface area contributed by atoms with E-state index in [2.05, 4.69) is 11.3 Å². The number of ether oxygens (including phenoxy) is 1. The predicted molar refractivity (Wildman–Crippen MR) is 43.6 cm³/mol. The van der Waals surface area contributed by atoms with E-state index in [0.29, 0.717) is 0 Å². The molecule has 0 aromatic carbocycles. The summed E-state index contributed by atoms with van der Waals surface area (Å²) in [4.78, 5) is 10.9. The number of hydrogen-bond acceptors (Lipinski definition) is 4. The number of nitrogens with one attached hydrogen (secondary N) is 1. The quantitative estimate of drug-likeness (QED) is 0.503. The van der Waals surface area contributed by atoms with Gasteiger partial charge in [-0.25, -0.2) is 0 Å². The van der Waals surface area contributed by atoms with E-state index in [9.17, 15) is 26.4 Å². The first-order valence-corrected chi connectivity index (χ1v) is 5.13. The highest BCUT2D eigenvalue weighted by Crippen LogP contribution is 2.37. The van der Waals surface area contributed by atoms with Crippen LogP contribution in [-0.4, -0.2) is 36.7 Å². The lowest BCUT2D eigenvalue weighted by molar-refractivity contribution is -0.254. The molecular formula is C6H6F3NO5S. The van der Waals surface area contributed by atoms with Gasteiger partial charge in [0.1, 0.15) is 0 Å². The molecule has 1 heterocycles. The van der Waals surface area contributed by atoms with Crippen LogP contribution in [0.4, 0.5) is 13.2 Å².